The van der Waals surface area contributed by atoms with Gasteiger partial charge in [0.1, 0.15) is 6.54 Å². The molecule has 0 saturated heterocycles. The van der Waals surface area contributed by atoms with E-state index in [1.54, 1.807) is 11.8 Å². The van der Waals surface area contributed by atoms with E-state index in [9.17, 15) is 9.59 Å². The first-order chi connectivity index (χ1) is 8.58. The SMILES string of the molecule is CCCC(N)CC(=O)N(CC(=O)OCC)C1CC1. The highest BCUT2D eigenvalue weighted by atomic mass is 16.5. The van der Waals surface area contributed by atoms with E-state index >= 15 is 0 Å². The molecule has 1 aliphatic carbocycles. The Labute approximate surface area is 109 Å². The Morgan fingerprint density at radius 3 is 2.56 bits per heavy atom. The lowest BCUT2D eigenvalue weighted by atomic mass is 10.1. The number of carbonyl (C=O) groups excluding carboxylic acids is 2. The normalized spacial score (nSPS) is 16.2. The van der Waals surface area contributed by atoms with Gasteiger partial charge >= 0.3 is 5.97 Å². The van der Waals surface area contributed by atoms with Crippen LogP contribution in [0.15, 0.2) is 0 Å². The fourth-order valence-corrected chi connectivity index (χ4v) is 1.97. The second-order valence-electron chi connectivity index (χ2n) is 4.81. The Morgan fingerprint density at radius 2 is 2.06 bits per heavy atom. The molecule has 1 unspecified atom stereocenters. The average molecular weight is 256 g/mol. The molecular weight excluding hydrogens is 232 g/mol. The Morgan fingerprint density at radius 1 is 1.39 bits per heavy atom. The minimum absolute atomic E-state index is 0.0218. The predicted octanol–water partition coefficient (Wildman–Crippen LogP) is 1.06. The summed E-state index contributed by atoms with van der Waals surface area (Å²) in [6.07, 6.45) is 4.09. The molecule has 0 aromatic heterocycles. The van der Waals surface area contributed by atoms with Gasteiger partial charge in [0, 0.05) is 18.5 Å². The van der Waals surface area contributed by atoms with Gasteiger partial charge in [-0.2, -0.15) is 0 Å². The lowest BCUT2D eigenvalue weighted by molar-refractivity contribution is -0.149. The first-order valence-corrected chi connectivity index (χ1v) is 6.79. The van der Waals surface area contributed by atoms with Gasteiger partial charge in [0.2, 0.25) is 5.91 Å². The predicted molar refractivity (Wildman–Crippen MR) is 68.9 cm³/mol. The van der Waals surface area contributed by atoms with Gasteiger partial charge in [0.15, 0.2) is 0 Å². The van der Waals surface area contributed by atoms with Crippen LogP contribution >= 0.6 is 0 Å². The van der Waals surface area contributed by atoms with Crippen LogP contribution in [0.1, 0.15) is 46.0 Å². The highest BCUT2D eigenvalue weighted by molar-refractivity contribution is 5.83. The lowest BCUT2D eigenvalue weighted by Gasteiger charge is -2.23. The summed E-state index contributed by atoms with van der Waals surface area (Å²) < 4.78 is 4.89. The van der Waals surface area contributed by atoms with Crippen LogP contribution in [-0.4, -0.2) is 42.0 Å². The van der Waals surface area contributed by atoms with Gasteiger partial charge < -0.3 is 15.4 Å². The van der Waals surface area contributed by atoms with Crippen molar-refractivity contribution in [3.63, 3.8) is 0 Å². The van der Waals surface area contributed by atoms with E-state index < -0.39 is 0 Å². The Hall–Kier alpha value is -1.10. The third-order valence-electron chi connectivity index (χ3n) is 3.01. The summed E-state index contributed by atoms with van der Waals surface area (Å²) in [5.41, 5.74) is 5.87. The van der Waals surface area contributed by atoms with Crippen molar-refractivity contribution in [3.05, 3.63) is 0 Å². The number of hydrogen-bond acceptors (Lipinski definition) is 4. The first kappa shape index (κ1) is 15.0. The molecule has 1 amide bonds. The molecule has 0 aromatic rings. The van der Waals surface area contributed by atoms with Crippen molar-refractivity contribution in [2.75, 3.05) is 13.2 Å². The van der Waals surface area contributed by atoms with E-state index in [1.165, 1.54) is 0 Å². The van der Waals surface area contributed by atoms with Crippen LogP contribution in [0, 0.1) is 0 Å². The smallest absolute Gasteiger partial charge is 0.325 e. The van der Waals surface area contributed by atoms with Gasteiger partial charge in [0.05, 0.1) is 6.61 Å². The molecule has 2 N–H and O–H groups in total. The second kappa shape index (κ2) is 7.36. The zero-order chi connectivity index (χ0) is 13.5. The summed E-state index contributed by atoms with van der Waals surface area (Å²) in [6.45, 7) is 4.22. The van der Waals surface area contributed by atoms with E-state index in [-0.39, 0.29) is 30.5 Å². The zero-order valence-corrected chi connectivity index (χ0v) is 11.4. The molecule has 1 rings (SSSR count). The molecule has 1 fully saturated rings. The maximum absolute atomic E-state index is 12.1. The first-order valence-electron chi connectivity index (χ1n) is 6.79. The highest BCUT2D eigenvalue weighted by Gasteiger charge is 2.34. The van der Waals surface area contributed by atoms with Crippen molar-refractivity contribution >= 4 is 11.9 Å². The van der Waals surface area contributed by atoms with Crippen LogP contribution in [0.2, 0.25) is 0 Å². The minimum Gasteiger partial charge on any atom is -0.465 e. The summed E-state index contributed by atoms with van der Waals surface area (Å²) in [5.74, 6) is -0.353. The Balaban J connectivity index is 2.45. The van der Waals surface area contributed by atoms with Gasteiger partial charge in [0.25, 0.3) is 0 Å². The molecule has 1 atom stereocenters. The number of esters is 1. The van der Waals surface area contributed by atoms with E-state index in [0.29, 0.717) is 13.0 Å². The van der Waals surface area contributed by atoms with E-state index in [0.717, 1.165) is 25.7 Å². The summed E-state index contributed by atoms with van der Waals surface area (Å²) in [7, 11) is 0. The monoisotopic (exact) mass is 256 g/mol. The van der Waals surface area contributed by atoms with Crippen molar-refractivity contribution in [2.24, 2.45) is 5.73 Å². The van der Waals surface area contributed by atoms with Crippen LogP contribution in [0.25, 0.3) is 0 Å². The number of hydrogen-bond donors (Lipinski definition) is 1. The molecule has 0 heterocycles. The maximum atomic E-state index is 12.1. The van der Waals surface area contributed by atoms with Gasteiger partial charge in [-0.25, -0.2) is 0 Å². The molecule has 0 bridgehead atoms. The quantitative estimate of drug-likeness (QED) is 0.659. The molecule has 5 nitrogen and oxygen atoms in total. The molecule has 1 saturated carbocycles. The molecule has 0 spiro atoms. The van der Waals surface area contributed by atoms with Crippen molar-refractivity contribution in [1.29, 1.82) is 0 Å². The van der Waals surface area contributed by atoms with Gasteiger partial charge in [-0.1, -0.05) is 13.3 Å². The maximum Gasteiger partial charge on any atom is 0.325 e. The van der Waals surface area contributed by atoms with Crippen LogP contribution in [0.5, 0.6) is 0 Å². The van der Waals surface area contributed by atoms with Crippen LogP contribution < -0.4 is 5.73 Å². The van der Waals surface area contributed by atoms with Crippen molar-refractivity contribution in [1.82, 2.24) is 4.90 Å². The highest BCUT2D eigenvalue weighted by Crippen LogP contribution is 2.27. The van der Waals surface area contributed by atoms with Crippen molar-refractivity contribution in [3.8, 4) is 0 Å². The number of nitrogens with zero attached hydrogens (tertiary/aromatic N) is 1. The molecule has 0 radical (unpaired) electrons. The third-order valence-corrected chi connectivity index (χ3v) is 3.01. The average Bonchev–Trinajstić information content (AvgIpc) is 3.10. The molecule has 104 valence electrons. The molecule has 1 aliphatic rings. The number of carbonyl (C=O) groups is 2. The Kier molecular flexibility index (Phi) is 6.12. The molecule has 18 heavy (non-hydrogen) atoms. The fourth-order valence-electron chi connectivity index (χ4n) is 1.97. The number of ether oxygens (including phenoxy) is 1. The molecule has 5 heteroatoms. The fraction of sp³-hybridized carbons (Fsp3) is 0.846. The summed E-state index contributed by atoms with van der Waals surface area (Å²) in [4.78, 5) is 25.2. The number of amides is 1. The van der Waals surface area contributed by atoms with Gasteiger partial charge in [-0.05, 0) is 26.2 Å². The topological polar surface area (TPSA) is 72.6 Å². The van der Waals surface area contributed by atoms with E-state index in [2.05, 4.69) is 0 Å². The van der Waals surface area contributed by atoms with E-state index in [1.807, 2.05) is 6.92 Å². The largest absolute Gasteiger partial charge is 0.465 e. The standard InChI is InChI=1S/C13H24N2O3/c1-3-5-10(14)8-12(16)15(11-6-7-11)9-13(17)18-4-2/h10-11H,3-9,14H2,1-2H3. The van der Waals surface area contributed by atoms with Crippen molar-refractivity contribution in [2.45, 2.75) is 58.0 Å². The van der Waals surface area contributed by atoms with Gasteiger partial charge in [-0.15, -0.1) is 0 Å². The number of rotatable bonds is 8. The number of nitrogens with two attached hydrogens (primary N) is 1. The minimum atomic E-state index is -0.332. The lowest BCUT2D eigenvalue weighted by Crippen LogP contribution is -2.41. The molecule has 0 aliphatic heterocycles. The summed E-state index contributed by atoms with van der Waals surface area (Å²) >= 11 is 0. The zero-order valence-electron chi connectivity index (χ0n) is 11.4. The third kappa shape index (κ3) is 5.04. The Bertz CT molecular complexity index is 290. The molecular formula is C13H24N2O3. The molecule has 0 aromatic carbocycles. The van der Waals surface area contributed by atoms with Crippen LogP contribution in [0.3, 0.4) is 0 Å². The van der Waals surface area contributed by atoms with Crippen molar-refractivity contribution < 1.29 is 14.3 Å². The summed E-state index contributed by atoms with van der Waals surface area (Å²) in [5, 5.41) is 0. The van der Waals surface area contributed by atoms with Crippen LogP contribution in [0.4, 0.5) is 0 Å². The van der Waals surface area contributed by atoms with E-state index in [4.69, 9.17) is 10.5 Å². The van der Waals surface area contributed by atoms with Crippen LogP contribution in [-0.2, 0) is 14.3 Å². The second-order valence-corrected chi connectivity index (χ2v) is 4.81. The summed E-state index contributed by atoms with van der Waals surface area (Å²) in [6, 6.07) is 0.113. The van der Waals surface area contributed by atoms with Gasteiger partial charge in [-0.3, -0.25) is 9.59 Å².